The van der Waals surface area contributed by atoms with Crippen molar-refractivity contribution in [2.75, 3.05) is 32.8 Å². The van der Waals surface area contributed by atoms with E-state index >= 15 is 0 Å². The fourth-order valence-electron chi connectivity index (χ4n) is 4.98. The number of benzene rings is 2. The first kappa shape index (κ1) is 21.1. The Hall–Kier alpha value is -2.73. The lowest BCUT2D eigenvalue weighted by molar-refractivity contribution is -0.137. The third-order valence-corrected chi connectivity index (χ3v) is 6.96. The van der Waals surface area contributed by atoms with Gasteiger partial charge in [-0.3, -0.25) is 9.59 Å². The average Bonchev–Trinajstić information content (AvgIpc) is 3.33. The molecule has 0 aromatic heterocycles. The minimum Gasteiger partial charge on any atom is -0.486 e. The van der Waals surface area contributed by atoms with E-state index < -0.39 is 0 Å². The molecule has 3 aliphatic rings. The van der Waals surface area contributed by atoms with Crippen LogP contribution in [0.3, 0.4) is 0 Å². The zero-order chi connectivity index (χ0) is 22.1. The topological polar surface area (TPSA) is 59.1 Å². The van der Waals surface area contributed by atoms with Crippen molar-refractivity contribution in [2.24, 2.45) is 5.92 Å². The van der Waals surface area contributed by atoms with E-state index in [1.165, 1.54) is 0 Å². The summed E-state index contributed by atoms with van der Waals surface area (Å²) in [6, 6.07) is 13.1. The van der Waals surface area contributed by atoms with Crippen LogP contribution in [0.1, 0.15) is 47.6 Å². The van der Waals surface area contributed by atoms with Crippen molar-refractivity contribution in [3.63, 3.8) is 0 Å². The number of rotatable bonds is 3. The van der Waals surface area contributed by atoms with Crippen LogP contribution in [0.5, 0.6) is 11.5 Å². The zero-order valence-corrected chi connectivity index (χ0v) is 18.7. The molecule has 2 aromatic rings. The van der Waals surface area contributed by atoms with E-state index in [0.717, 1.165) is 36.4 Å². The first-order chi connectivity index (χ1) is 15.6. The van der Waals surface area contributed by atoms with Crippen molar-refractivity contribution >= 4 is 23.4 Å². The number of carbonyl (C=O) groups is 2. The largest absolute Gasteiger partial charge is 0.486 e. The predicted molar refractivity (Wildman–Crippen MR) is 121 cm³/mol. The molecule has 1 atom stereocenters. The molecule has 7 heteroatoms. The number of halogens is 1. The molecule has 0 spiro atoms. The van der Waals surface area contributed by atoms with E-state index in [1.54, 1.807) is 24.3 Å². The lowest BCUT2D eigenvalue weighted by Crippen LogP contribution is -2.44. The maximum atomic E-state index is 13.4. The second kappa shape index (κ2) is 9.02. The molecule has 3 heterocycles. The molecule has 0 unspecified atom stereocenters. The van der Waals surface area contributed by atoms with E-state index in [4.69, 9.17) is 21.1 Å². The third kappa shape index (κ3) is 4.16. The second-order valence-electron chi connectivity index (χ2n) is 8.67. The number of piperidine rings is 1. The van der Waals surface area contributed by atoms with Crippen LogP contribution < -0.4 is 9.47 Å². The van der Waals surface area contributed by atoms with Crippen LogP contribution in [0.2, 0.25) is 5.02 Å². The highest BCUT2D eigenvalue weighted by Gasteiger charge is 2.36. The Morgan fingerprint density at radius 1 is 0.875 bits per heavy atom. The maximum Gasteiger partial charge on any atom is 0.253 e. The summed E-state index contributed by atoms with van der Waals surface area (Å²) in [5.74, 6) is 1.71. The summed E-state index contributed by atoms with van der Waals surface area (Å²) >= 11 is 5.93. The van der Waals surface area contributed by atoms with Crippen molar-refractivity contribution < 1.29 is 19.1 Å². The predicted octanol–water partition coefficient (Wildman–Crippen LogP) is 4.33. The third-order valence-electron chi connectivity index (χ3n) is 6.71. The Morgan fingerprint density at radius 2 is 1.59 bits per heavy atom. The van der Waals surface area contributed by atoms with Crippen LogP contribution >= 0.6 is 11.6 Å². The fourth-order valence-corrected chi connectivity index (χ4v) is 5.11. The van der Waals surface area contributed by atoms with Crippen LogP contribution in [0.4, 0.5) is 0 Å². The highest BCUT2D eigenvalue weighted by atomic mass is 35.5. The van der Waals surface area contributed by atoms with Crippen molar-refractivity contribution in [2.45, 2.75) is 31.7 Å². The quantitative estimate of drug-likeness (QED) is 0.692. The molecule has 3 aliphatic heterocycles. The SMILES string of the molecule is O=C(c1ccc(Cl)cc1)N1CCC(C(=O)N2CCC[C@@H]2c2ccc3c(c2)OCCO3)CC1. The molecule has 32 heavy (non-hydrogen) atoms. The van der Waals surface area contributed by atoms with Crippen molar-refractivity contribution in [3.05, 3.63) is 58.6 Å². The van der Waals surface area contributed by atoms with E-state index in [-0.39, 0.29) is 23.8 Å². The Bertz CT molecular complexity index is 1000. The van der Waals surface area contributed by atoms with Gasteiger partial charge in [0.1, 0.15) is 13.2 Å². The average molecular weight is 455 g/mol. The number of carbonyl (C=O) groups excluding carboxylic acids is 2. The molecule has 5 rings (SSSR count). The van der Waals surface area contributed by atoms with E-state index in [2.05, 4.69) is 6.07 Å². The van der Waals surface area contributed by atoms with Crippen LogP contribution in [0.15, 0.2) is 42.5 Å². The van der Waals surface area contributed by atoms with Gasteiger partial charge in [0.25, 0.3) is 5.91 Å². The molecule has 0 saturated carbocycles. The van der Waals surface area contributed by atoms with Crippen LogP contribution in [0.25, 0.3) is 0 Å². The normalized spacial score (nSPS) is 21.0. The molecule has 0 N–H and O–H groups in total. The number of amides is 2. The van der Waals surface area contributed by atoms with Gasteiger partial charge < -0.3 is 19.3 Å². The summed E-state index contributed by atoms with van der Waals surface area (Å²) in [4.78, 5) is 30.0. The molecule has 0 bridgehead atoms. The van der Waals surface area contributed by atoms with Crippen molar-refractivity contribution in [1.82, 2.24) is 9.80 Å². The van der Waals surface area contributed by atoms with Crippen molar-refractivity contribution in [1.29, 1.82) is 0 Å². The highest BCUT2D eigenvalue weighted by molar-refractivity contribution is 6.30. The number of hydrogen-bond donors (Lipinski definition) is 0. The smallest absolute Gasteiger partial charge is 0.253 e. The molecule has 6 nitrogen and oxygen atoms in total. The van der Waals surface area contributed by atoms with Gasteiger partial charge in [-0.2, -0.15) is 0 Å². The van der Waals surface area contributed by atoms with Gasteiger partial charge in [0, 0.05) is 36.1 Å². The van der Waals surface area contributed by atoms with Crippen LogP contribution in [-0.2, 0) is 4.79 Å². The minimum absolute atomic E-state index is 0.00268. The molecule has 0 radical (unpaired) electrons. The van der Waals surface area contributed by atoms with Crippen molar-refractivity contribution in [3.8, 4) is 11.5 Å². The van der Waals surface area contributed by atoms with E-state index in [1.807, 2.05) is 21.9 Å². The van der Waals surface area contributed by atoms with E-state index in [0.29, 0.717) is 49.7 Å². The Kier molecular flexibility index (Phi) is 5.96. The summed E-state index contributed by atoms with van der Waals surface area (Å²) in [6.07, 6.45) is 3.35. The number of likely N-dealkylation sites (tertiary alicyclic amines) is 2. The van der Waals surface area contributed by atoms with Crippen LogP contribution in [0, 0.1) is 5.92 Å². The molecule has 2 amide bonds. The first-order valence-corrected chi connectivity index (χ1v) is 11.7. The summed E-state index contributed by atoms with van der Waals surface area (Å²) in [6.45, 7) is 3.10. The van der Waals surface area contributed by atoms with Gasteiger partial charge in [0.2, 0.25) is 5.91 Å². The maximum absolute atomic E-state index is 13.4. The Morgan fingerprint density at radius 3 is 2.34 bits per heavy atom. The number of ether oxygens (including phenoxy) is 2. The summed E-state index contributed by atoms with van der Waals surface area (Å²) in [5.41, 5.74) is 1.74. The van der Waals surface area contributed by atoms with Gasteiger partial charge in [0.15, 0.2) is 11.5 Å². The number of fused-ring (bicyclic) bond motifs is 1. The number of hydrogen-bond acceptors (Lipinski definition) is 4. The molecule has 2 aromatic carbocycles. The van der Waals surface area contributed by atoms with Gasteiger partial charge in [-0.05, 0) is 67.6 Å². The lowest BCUT2D eigenvalue weighted by atomic mass is 9.93. The molecule has 2 saturated heterocycles. The Balaban J connectivity index is 1.23. The molecule has 168 valence electrons. The fraction of sp³-hybridized carbons (Fsp3) is 0.440. The molecule has 0 aliphatic carbocycles. The van der Waals surface area contributed by atoms with E-state index in [9.17, 15) is 9.59 Å². The standard InChI is InChI=1S/C25H27ClN2O4/c26-20-6-3-17(4-7-20)24(29)27-12-9-18(10-13-27)25(30)28-11-1-2-21(28)19-5-8-22-23(16-19)32-15-14-31-22/h3-8,16,18,21H,1-2,9-15H2/t21-/m1/s1. The lowest BCUT2D eigenvalue weighted by Gasteiger charge is -2.35. The Labute approximate surface area is 193 Å². The monoisotopic (exact) mass is 454 g/mol. The molecular formula is C25H27ClN2O4. The van der Waals surface area contributed by atoms with Crippen LogP contribution in [-0.4, -0.2) is 54.5 Å². The first-order valence-electron chi connectivity index (χ1n) is 11.3. The van der Waals surface area contributed by atoms with Gasteiger partial charge in [0.05, 0.1) is 6.04 Å². The van der Waals surface area contributed by atoms with Gasteiger partial charge in [-0.1, -0.05) is 17.7 Å². The number of nitrogens with zero attached hydrogens (tertiary/aromatic N) is 2. The van der Waals surface area contributed by atoms with Gasteiger partial charge in [-0.15, -0.1) is 0 Å². The highest BCUT2D eigenvalue weighted by Crippen LogP contribution is 2.39. The molecular weight excluding hydrogens is 428 g/mol. The second-order valence-corrected chi connectivity index (χ2v) is 9.10. The summed E-state index contributed by atoms with van der Waals surface area (Å²) < 4.78 is 11.4. The van der Waals surface area contributed by atoms with Gasteiger partial charge in [-0.25, -0.2) is 0 Å². The minimum atomic E-state index is -0.0397. The zero-order valence-electron chi connectivity index (χ0n) is 18.0. The summed E-state index contributed by atoms with van der Waals surface area (Å²) in [5, 5.41) is 0.615. The summed E-state index contributed by atoms with van der Waals surface area (Å²) in [7, 11) is 0. The molecule has 2 fully saturated rings. The van der Waals surface area contributed by atoms with Gasteiger partial charge >= 0.3 is 0 Å².